The summed E-state index contributed by atoms with van der Waals surface area (Å²) in [6.07, 6.45) is 1.58. The minimum atomic E-state index is -0.398. The van der Waals surface area contributed by atoms with Gasteiger partial charge in [-0.1, -0.05) is 48.0 Å². The van der Waals surface area contributed by atoms with Crippen molar-refractivity contribution in [3.63, 3.8) is 0 Å². The van der Waals surface area contributed by atoms with E-state index in [0.717, 1.165) is 11.1 Å². The zero-order chi connectivity index (χ0) is 20.4. The van der Waals surface area contributed by atoms with Gasteiger partial charge < -0.3 is 5.32 Å². The molecule has 0 spiro atoms. The standard InChI is InChI=1S/C22H16ClN3O3/c23-19-9-6-15(11-24-19)12-25-20(27)16-7-8-17-18(10-16)22(29)26(21(17)28)13-14-4-2-1-3-5-14/h1-11H,12-13H2,(H,25,27). The second-order valence-electron chi connectivity index (χ2n) is 6.61. The van der Waals surface area contributed by atoms with Crippen LogP contribution in [0.1, 0.15) is 42.2 Å². The van der Waals surface area contributed by atoms with Crippen LogP contribution in [0.15, 0.2) is 66.9 Å². The number of nitrogens with zero attached hydrogens (tertiary/aromatic N) is 2. The summed E-state index contributed by atoms with van der Waals surface area (Å²) in [5.74, 6) is -1.09. The van der Waals surface area contributed by atoms with Gasteiger partial charge in [0.15, 0.2) is 0 Å². The topological polar surface area (TPSA) is 79.4 Å². The van der Waals surface area contributed by atoms with Crippen LogP contribution >= 0.6 is 11.6 Å². The molecule has 7 heteroatoms. The minimum absolute atomic E-state index is 0.193. The van der Waals surface area contributed by atoms with E-state index in [4.69, 9.17) is 11.6 Å². The molecule has 29 heavy (non-hydrogen) atoms. The SMILES string of the molecule is O=C(NCc1ccc(Cl)nc1)c1ccc2c(c1)C(=O)N(Cc1ccccc1)C2=O. The second-order valence-corrected chi connectivity index (χ2v) is 7.00. The number of hydrogen-bond donors (Lipinski definition) is 1. The van der Waals surface area contributed by atoms with Gasteiger partial charge in [0.05, 0.1) is 17.7 Å². The number of amides is 3. The highest BCUT2D eigenvalue weighted by Gasteiger charge is 2.35. The molecule has 3 aromatic rings. The third-order valence-electron chi connectivity index (χ3n) is 4.66. The molecule has 1 aromatic heterocycles. The first kappa shape index (κ1) is 18.8. The van der Waals surface area contributed by atoms with Crippen molar-refractivity contribution >= 4 is 29.3 Å². The van der Waals surface area contributed by atoms with Crippen LogP contribution in [-0.4, -0.2) is 27.6 Å². The third kappa shape index (κ3) is 3.88. The molecule has 0 radical (unpaired) electrons. The first-order chi connectivity index (χ1) is 14.0. The Morgan fingerprint density at radius 1 is 0.931 bits per heavy atom. The maximum atomic E-state index is 12.8. The summed E-state index contributed by atoms with van der Waals surface area (Å²) in [7, 11) is 0. The van der Waals surface area contributed by atoms with E-state index >= 15 is 0 Å². The molecule has 4 rings (SSSR count). The number of carbonyl (C=O) groups is 3. The van der Waals surface area contributed by atoms with Gasteiger partial charge in [0.2, 0.25) is 0 Å². The van der Waals surface area contributed by atoms with Crippen molar-refractivity contribution in [3.8, 4) is 0 Å². The largest absolute Gasteiger partial charge is 0.348 e. The summed E-state index contributed by atoms with van der Waals surface area (Å²) >= 11 is 5.75. The van der Waals surface area contributed by atoms with Crippen LogP contribution in [-0.2, 0) is 13.1 Å². The molecule has 0 unspecified atom stereocenters. The van der Waals surface area contributed by atoms with Gasteiger partial charge in [-0.2, -0.15) is 0 Å². The molecule has 1 N–H and O–H groups in total. The zero-order valence-corrected chi connectivity index (χ0v) is 16.0. The molecule has 0 aliphatic carbocycles. The maximum absolute atomic E-state index is 12.8. The van der Waals surface area contributed by atoms with Crippen molar-refractivity contribution < 1.29 is 14.4 Å². The highest BCUT2D eigenvalue weighted by molar-refractivity contribution is 6.29. The molecule has 144 valence electrons. The summed E-state index contributed by atoms with van der Waals surface area (Å²) in [4.78, 5) is 43.0. The lowest BCUT2D eigenvalue weighted by molar-refractivity contribution is 0.0642. The van der Waals surface area contributed by atoms with E-state index < -0.39 is 5.91 Å². The Bertz CT molecular complexity index is 1100. The molecule has 0 bridgehead atoms. The molecule has 2 heterocycles. The molecule has 0 atom stereocenters. The fourth-order valence-corrected chi connectivity index (χ4v) is 3.25. The minimum Gasteiger partial charge on any atom is -0.348 e. The monoisotopic (exact) mass is 405 g/mol. The van der Waals surface area contributed by atoms with Crippen LogP contribution in [0, 0.1) is 0 Å². The maximum Gasteiger partial charge on any atom is 0.261 e. The Labute approximate surface area is 172 Å². The molecule has 6 nitrogen and oxygen atoms in total. The van der Waals surface area contributed by atoms with Crippen LogP contribution in [0.25, 0.3) is 0 Å². The van der Waals surface area contributed by atoms with Crippen LogP contribution < -0.4 is 5.32 Å². The fourth-order valence-electron chi connectivity index (χ4n) is 3.14. The number of pyridine rings is 1. The average Bonchev–Trinajstić information content (AvgIpc) is 2.98. The van der Waals surface area contributed by atoms with Crippen molar-refractivity contribution in [2.75, 3.05) is 0 Å². The number of imide groups is 1. The lowest BCUT2D eigenvalue weighted by atomic mass is 10.1. The Balaban J connectivity index is 1.49. The number of aromatic nitrogens is 1. The Hall–Kier alpha value is -3.51. The first-order valence-electron chi connectivity index (χ1n) is 8.96. The van der Waals surface area contributed by atoms with Gasteiger partial charge in [-0.15, -0.1) is 0 Å². The summed E-state index contributed by atoms with van der Waals surface area (Å²) in [6.45, 7) is 0.464. The van der Waals surface area contributed by atoms with E-state index in [9.17, 15) is 14.4 Å². The lowest BCUT2D eigenvalue weighted by Gasteiger charge is -2.13. The lowest BCUT2D eigenvalue weighted by Crippen LogP contribution is -2.29. The number of nitrogens with one attached hydrogen (secondary N) is 1. The van der Waals surface area contributed by atoms with Crippen molar-refractivity contribution in [3.05, 3.63) is 99.8 Å². The number of halogens is 1. The third-order valence-corrected chi connectivity index (χ3v) is 4.88. The molecule has 2 aromatic carbocycles. The van der Waals surface area contributed by atoms with E-state index in [0.29, 0.717) is 16.3 Å². The zero-order valence-electron chi connectivity index (χ0n) is 15.3. The molecule has 0 saturated heterocycles. The summed E-state index contributed by atoms with van der Waals surface area (Å²) < 4.78 is 0. The van der Waals surface area contributed by atoms with E-state index in [2.05, 4.69) is 10.3 Å². The van der Waals surface area contributed by atoms with Crippen molar-refractivity contribution in [1.82, 2.24) is 15.2 Å². The normalized spacial score (nSPS) is 12.8. The predicted octanol–water partition coefficient (Wildman–Crippen LogP) is 3.46. The van der Waals surface area contributed by atoms with E-state index in [1.54, 1.807) is 24.4 Å². The van der Waals surface area contributed by atoms with Crippen LogP contribution in [0.2, 0.25) is 5.15 Å². The van der Waals surface area contributed by atoms with E-state index in [1.165, 1.54) is 17.0 Å². The number of carbonyl (C=O) groups excluding carboxylic acids is 3. The van der Waals surface area contributed by atoms with Gasteiger partial charge in [-0.25, -0.2) is 4.98 Å². The van der Waals surface area contributed by atoms with Gasteiger partial charge in [-0.05, 0) is 35.4 Å². The summed E-state index contributed by atoms with van der Waals surface area (Å²) in [5.41, 5.74) is 2.52. The highest BCUT2D eigenvalue weighted by atomic mass is 35.5. The predicted molar refractivity (Wildman–Crippen MR) is 108 cm³/mol. The van der Waals surface area contributed by atoms with Crippen LogP contribution in [0.4, 0.5) is 0 Å². The first-order valence-corrected chi connectivity index (χ1v) is 9.33. The number of rotatable bonds is 5. The number of benzene rings is 2. The Morgan fingerprint density at radius 2 is 1.69 bits per heavy atom. The van der Waals surface area contributed by atoms with Gasteiger partial charge in [0.1, 0.15) is 5.15 Å². The van der Waals surface area contributed by atoms with Crippen LogP contribution in [0.5, 0.6) is 0 Å². The van der Waals surface area contributed by atoms with Gasteiger partial charge in [-0.3, -0.25) is 19.3 Å². The molecule has 0 saturated carbocycles. The molecular weight excluding hydrogens is 390 g/mol. The number of hydrogen-bond acceptors (Lipinski definition) is 4. The smallest absolute Gasteiger partial charge is 0.261 e. The van der Waals surface area contributed by atoms with Crippen molar-refractivity contribution in [1.29, 1.82) is 0 Å². The molecule has 0 fully saturated rings. The Kier molecular flexibility index (Phi) is 5.10. The van der Waals surface area contributed by atoms with E-state index in [1.807, 2.05) is 30.3 Å². The Morgan fingerprint density at radius 3 is 2.41 bits per heavy atom. The fraction of sp³-hybridized carbons (Fsp3) is 0.0909. The van der Waals surface area contributed by atoms with Gasteiger partial charge in [0.25, 0.3) is 17.7 Å². The highest BCUT2D eigenvalue weighted by Crippen LogP contribution is 2.25. The van der Waals surface area contributed by atoms with Gasteiger partial charge in [0, 0.05) is 18.3 Å². The van der Waals surface area contributed by atoms with Gasteiger partial charge >= 0.3 is 0 Å². The molecule has 1 aliphatic rings. The van der Waals surface area contributed by atoms with Crippen LogP contribution in [0.3, 0.4) is 0 Å². The number of fused-ring (bicyclic) bond motifs is 1. The quantitative estimate of drug-likeness (QED) is 0.520. The van der Waals surface area contributed by atoms with Crippen molar-refractivity contribution in [2.45, 2.75) is 13.1 Å². The molecular formula is C22H16ClN3O3. The second kappa shape index (κ2) is 7.85. The molecule has 3 amide bonds. The van der Waals surface area contributed by atoms with Crippen molar-refractivity contribution in [2.24, 2.45) is 0 Å². The summed E-state index contributed by atoms with van der Waals surface area (Å²) in [6, 6.07) is 17.2. The molecule has 1 aliphatic heterocycles. The average molecular weight is 406 g/mol. The van der Waals surface area contributed by atoms with E-state index in [-0.39, 0.29) is 30.5 Å². The summed E-state index contributed by atoms with van der Waals surface area (Å²) in [5, 5.41) is 3.15.